The van der Waals surface area contributed by atoms with Gasteiger partial charge in [-0.05, 0) is 68.2 Å². The standard InChI is InChI=1S/C27H33N5O3/c1-30(25(33)18-35-22-8-6-21(7-9-22)17-31-14-2-3-15-31)19-27(34)11-16-32(20-27)24-10-13-28-23-5-4-12-29-26(23)24/h4-10,12-13,34H,2-3,11,14-20H2,1H3. The topological polar surface area (TPSA) is 82.0 Å². The van der Waals surface area contributed by atoms with Crippen molar-refractivity contribution in [3.63, 3.8) is 0 Å². The molecule has 8 heteroatoms. The Balaban J connectivity index is 1.13. The molecular formula is C27H33N5O3. The summed E-state index contributed by atoms with van der Waals surface area (Å²) in [6.07, 6.45) is 6.65. The molecule has 1 aromatic carbocycles. The van der Waals surface area contributed by atoms with Gasteiger partial charge in [0, 0.05) is 39.1 Å². The largest absolute Gasteiger partial charge is 0.484 e. The number of hydrogen-bond donors (Lipinski definition) is 1. The van der Waals surface area contributed by atoms with Gasteiger partial charge in [0.1, 0.15) is 16.9 Å². The van der Waals surface area contributed by atoms with Crippen molar-refractivity contribution < 1.29 is 14.6 Å². The molecule has 1 unspecified atom stereocenters. The number of anilines is 1. The number of carbonyl (C=O) groups is 1. The molecule has 2 aliphatic heterocycles. The van der Waals surface area contributed by atoms with E-state index < -0.39 is 5.60 Å². The van der Waals surface area contributed by atoms with E-state index in [0.29, 0.717) is 25.3 Å². The van der Waals surface area contributed by atoms with Crippen LogP contribution in [0.3, 0.4) is 0 Å². The smallest absolute Gasteiger partial charge is 0.260 e. The Morgan fingerprint density at radius 1 is 1.09 bits per heavy atom. The minimum Gasteiger partial charge on any atom is -0.484 e. The number of hydrogen-bond acceptors (Lipinski definition) is 7. The lowest BCUT2D eigenvalue weighted by Crippen LogP contribution is -2.47. The molecule has 8 nitrogen and oxygen atoms in total. The summed E-state index contributed by atoms with van der Waals surface area (Å²) >= 11 is 0. The maximum atomic E-state index is 12.7. The second-order valence-electron chi connectivity index (χ2n) is 9.76. The van der Waals surface area contributed by atoms with Crippen molar-refractivity contribution in [1.29, 1.82) is 0 Å². The first-order valence-corrected chi connectivity index (χ1v) is 12.3. The third kappa shape index (κ3) is 5.55. The molecule has 0 saturated carbocycles. The second kappa shape index (κ2) is 10.2. The third-order valence-corrected chi connectivity index (χ3v) is 7.00. The number of pyridine rings is 2. The van der Waals surface area contributed by atoms with Gasteiger partial charge in [-0.25, -0.2) is 0 Å². The SMILES string of the molecule is CN(CC1(O)CCN(c2ccnc3cccnc23)C1)C(=O)COc1ccc(CN2CCCC2)cc1. The zero-order valence-corrected chi connectivity index (χ0v) is 20.3. The quantitative estimate of drug-likeness (QED) is 0.536. The first-order valence-electron chi connectivity index (χ1n) is 12.3. The average molecular weight is 476 g/mol. The van der Waals surface area contributed by atoms with E-state index in [2.05, 4.69) is 31.9 Å². The Morgan fingerprint density at radius 3 is 2.69 bits per heavy atom. The number of likely N-dealkylation sites (N-methyl/N-ethyl adjacent to an activating group) is 1. The summed E-state index contributed by atoms with van der Waals surface area (Å²) in [5.74, 6) is 0.522. The second-order valence-corrected chi connectivity index (χ2v) is 9.76. The Kier molecular flexibility index (Phi) is 6.83. The van der Waals surface area contributed by atoms with Gasteiger partial charge in [-0.15, -0.1) is 0 Å². The van der Waals surface area contributed by atoms with Crippen LogP contribution in [-0.4, -0.2) is 82.8 Å². The van der Waals surface area contributed by atoms with Gasteiger partial charge in [0.2, 0.25) is 0 Å². The minimum atomic E-state index is -0.994. The zero-order chi connectivity index (χ0) is 24.3. The lowest BCUT2D eigenvalue weighted by atomic mass is 10.0. The van der Waals surface area contributed by atoms with Crippen LogP contribution in [0.4, 0.5) is 5.69 Å². The van der Waals surface area contributed by atoms with Crippen molar-refractivity contribution >= 4 is 22.6 Å². The van der Waals surface area contributed by atoms with Gasteiger partial charge < -0.3 is 19.6 Å². The van der Waals surface area contributed by atoms with Crippen molar-refractivity contribution in [2.75, 3.05) is 51.3 Å². The molecule has 2 aliphatic rings. The number of aliphatic hydroxyl groups is 1. The summed E-state index contributed by atoms with van der Waals surface area (Å²) in [5, 5.41) is 11.2. The summed E-state index contributed by atoms with van der Waals surface area (Å²) < 4.78 is 5.74. The Morgan fingerprint density at radius 2 is 1.89 bits per heavy atom. The molecule has 2 saturated heterocycles. The molecule has 184 valence electrons. The van der Waals surface area contributed by atoms with Crippen molar-refractivity contribution in [1.82, 2.24) is 19.8 Å². The number of rotatable bonds is 8. The number of nitrogens with zero attached hydrogens (tertiary/aromatic N) is 5. The fourth-order valence-corrected chi connectivity index (χ4v) is 5.09. The predicted molar refractivity (Wildman–Crippen MR) is 135 cm³/mol. The van der Waals surface area contributed by atoms with E-state index in [1.165, 1.54) is 31.5 Å². The number of ether oxygens (including phenoxy) is 1. The molecule has 0 aliphatic carbocycles. The highest BCUT2D eigenvalue weighted by Gasteiger charge is 2.38. The van der Waals surface area contributed by atoms with Crippen LogP contribution in [0.5, 0.6) is 5.75 Å². The Hall–Kier alpha value is -3.23. The number of amides is 1. The Bertz CT molecular complexity index is 1160. The molecule has 0 spiro atoms. The van der Waals surface area contributed by atoms with Crippen molar-refractivity contribution in [3.05, 3.63) is 60.4 Å². The van der Waals surface area contributed by atoms with Gasteiger partial charge in [0.15, 0.2) is 6.61 Å². The summed E-state index contributed by atoms with van der Waals surface area (Å²) in [6, 6.07) is 13.7. The maximum absolute atomic E-state index is 12.7. The zero-order valence-electron chi connectivity index (χ0n) is 20.3. The minimum absolute atomic E-state index is 0.0549. The first kappa shape index (κ1) is 23.5. The molecule has 1 N–H and O–H groups in total. The number of fused-ring (bicyclic) bond motifs is 1. The first-order chi connectivity index (χ1) is 17.0. The van der Waals surface area contributed by atoms with Crippen LogP contribution in [0, 0.1) is 0 Å². The average Bonchev–Trinajstić information content (AvgIpc) is 3.52. The van der Waals surface area contributed by atoms with Crippen molar-refractivity contribution in [2.24, 2.45) is 0 Å². The Labute approximate surface area is 206 Å². The molecule has 35 heavy (non-hydrogen) atoms. The van der Waals surface area contributed by atoms with E-state index in [1.807, 2.05) is 30.3 Å². The van der Waals surface area contributed by atoms with Crippen LogP contribution >= 0.6 is 0 Å². The lowest BCUT2D eigenvalue weighted by Gasteiger charge is -2.29. The van der Waals surface area contributed by atoms with Crippen LogP contribution in [0.25, 0.3) is 11.0 Å². The molecule has 0 radical (unpaired) electrons. The van der Waals surface area contributed by atoms with Crippen LogP contribution in [0.15, 0.2) is 54.9 Å². The van der Waals surface area contributed by atoms with Gasteiger partial charge in [0.25, 0.3) is 5.91 Å². The molecular weight excluding hydrogens is 442 g/mol. The number of aromatic nitrogens is 2. The van der Waals surface area contributed by atoms with E-state index in [9.17, 15) is 9.90 Å². The van der Waals surface area contributed by atoms with Gasteiger partial charge in [-0.2, -0.15) is 0 Å². The van der Waals surface area contributed by atoms with Crippen molar-refractivity contribution in [2.45, 2.75) is 31.4 Å². The molecule has 3 aromatic rings. The van der Waals surface area contributed by atoms with Gasteiger partial charge in [-0.3, -0.25) is 19.7 Å². The molecule has 2 fully saturated rings. The summed E-state index contributed by atoms with van der Waals surface area (Å²) in [4.78, 5) is 27.7. The highest BCUT2D eigenvalue weighted by molar-refractivity contribution is 5.87. The van der Waals surface area contributed by atoms with E-state index in [0.717, 1.165) is 23.3 Å². The predicted octanol–water partition coefficient (Wildman–Crippen LogP) is 2.70. The highest BCUT2D eigenvalue weighted by atomic mass is 16.5. The van der Waals surface area contributed by atoms with Gasteiger partial charge in [-0.1, -0.05) is 12.1 Å². The van der Waals surface area contributed by atoms with Crippen molar-refractivity contribution in [3.8, 4) is 5.75 Å². The molecule has 2 aromatic heterocycles. The number of likely N-dealkylation sites (tertiary alicyclic amines) is 1. The molecule has 1 amide bonds. The lowest BCUT2D eigenvalue weighted by molar-refractivity contribution is -0.134. The number of benzene rings is 1. The molecule has 5 rings (SSSR count). The molecule has 1 atom stereocenters. The monoisotopic (exact) mass is 475 g/mol. The van der Waals surface area contributed by atoms with E-state index in [-0.39, 0.29) is 19.1 Å². The third-order valence-electron chi connectivity index (χ3n) is 7.00. The van der Waals surface area contributed by atoms with Crippen LogP contribution < -0.4 is 9.64 Å². The fraction of sp³-hybridized carbons (Fsp3) is 0.444. The highest BCUT2D eigenvalue weighted by Crippen LogP contribution is 2.31. The number of β-amino-alcohol motifs (C(OH)–C–C–N with tert-alkyl or cyclic N) is 1. The van der Waals surface area contributed by atoms with Crippen LogP contribution in [0.2, 0.25) is 0 Å². The van der Waals surface area contributed by atoms with E-state index >= 15 is 0 Å². The number of carbonyl (C=O) groups excluding carboxylic acids is 1. The van der Waals surface area contributed by atoms with Gasteiger partial charge >= 0.3 is 0 Å². The van der Waals surface area contributed by atoms with E-state index in [4.69, 9.17) is 4.74 Å². The van der Waals surface area contributed by atoms with Crippen LogP contribution in [-0.2, 0) is 11.3 Å². The fourth-order valence-electron chi connectivity index (χ4n) is 5.09. The maximum Gasteiger partial charge on any atom is 0.260 e. The van der Waals surface area contributed by atoms with Gasteiger partial charge in [0.05, 0.1) is 17.7 Å². The summed E-state index contributed by atoms with van der Waals surface area (Å²) in [6.45, 7) is 4.60. The molecule has 0 bridgehead atoms. The van der Waals surface area contributed by atoms with E-state index in [1.54, 1.807) is 24.3 Å². The molecule has 4 heterocycles. The normalized spacial score (nSPS) is 20.5. The van der Waals surface area contributed by atoms with Crippen LogP contribution in [0.1, 0.15) is 24.8 Å². The summed E-state index contributed by atoms with van der Waals surface area (Å²) in [7, 11) is 1.72. The summed E-state index contributed by atoms with van der Waals surface area (Å²) in [5.41, 5.74) is 2.87.